The van der Waals surface area contributed by atoms with Crippen LogP contribution < -0.4 is 39.1 Å². The molecule has 308 valence electrons. The number of methoxy groups -OCH3 is 4. The summed E-state index contributed by atoms with van der Waals surface area (Å²) >= 11 is 0. The van der Waals surface area contributed by atoms with E-state index in [2.05, 4.69) is 20.6 Å². The molecule has 0 bridgehead atoms. The van der Waals surface area contributed by atoms with Gasteiger partial charge in [0.2, 0.25) is 11.8 Å². The van der Waals surface area contributed by atoms with E-state index in [1.807, 2.05) is 6.07 Å². The van der Waals surface area contributed by atoms with E-state index in [1.165, 1.54) is 6.92 Å². The summed E-state index contributed by atoms with van der Waals surface area (Å²) < 4.78 is 33.4. The number of carbonyl (C=O) groups is 4. The fourth-order valence-corrected chi connectivity index (χ4v) is 6.57. The zero-order valence-electron chi connectivity index (χ0n) is 33.5. The predicted octanol–water partition coefficient (Wildman–Crippen LogP) is 8.20. The molecule has 0 atom stereocenters. The van der Waals surface area contributed by atoms with Crippen LogP contribution in [0.4, 0.5) is 11.4 Å². The Morgan fingerprint density at radius 3 is 1.23 bits per heavy atom. The van der Waals surface area contributed by atoms with E-state index in [1.54, 1.807) is 120 Å². The van der Waals surface area contributed by atoms with E-state index in [4.69, 9.17) is 28.4 Å². The number of anilines is 2. The maximum atomic E-state index is 12.4. The van der Waals surface area contributed by atoms with Crippen molar-refractivity contribution >= 4 is 56.7 Å². The number of carbonyl (C=O) groups excluding carboxylic acids is 3. The molecular weight excluding hydrogens is 773 g/mol. The second kappa shape index (κ2) is 16.8. The number of aliphatic carboxylic acids is 1. The summed E-state index contributed by atoms with van der Waals surface area (Å²) in [4.78, 5) is 56.3. The van der Waals surface area contributed by atoms with Gasteiger partial charge in [0.25, 0.3) is 0 Å². The molecule has 2 amide bonds. The number of Topliss-reactive ketones (excluding diaryl/α,β-unsaturated/α-hetero) is 1. The van der Waals surface area contributed by atoms with Crippen molar-refractivity contribution in [1.82, 2.24) is 9.97 Å². The van der Waals surface area contributed by atoms with Gasteiger partial charge in [-0.3, -0.25) is 29.1 Å². The summed E-state index contributed by atoms with van der Waals surface area (Å²) in [5.41, 5.74) is 0.401. The number of ketones is 1. The molecule has 6 aromatic rings. The molecule has 4 aromatic carbocycles. The molecule has 2 saturated carbocycles. The summed E-state index contributed by atoms with van der Waals surface area (Å²) in [7, 11) is 6.27. The summed E-state index contributed by atoms with van der Waals surface area (Å²) in [6.07, 6.45) is 5.24. The van der Waals surface area contributed by atoms with Gasteiger partial charge in [-0.05, 0) is 105 Å². The molecule has 0 spiro atoms. The molecule has 15 heteroatoms. The Morgan fingerprint density at radius 1 is 0.533 bits per heavy atom. The lowest BCUT2D eigenvalue weighted by atomic mass is 10.0. The number of ether oxygens (including phenoxy) is 6. The Hall–Kier alpha value is -7.42. The van der Waals surface area contributed by atoms with Crippen molar-refractivity contribution in [2.24, 2.45) is 10.8 Å². The lowest BCUT2D eigenvalue weighted by Gasteiger charge is -2.14. The molecule has 2 fully saturated rings. The summed E-state index contributed by atoms with van der Waals surface area (Å²) in [5, 5.41) is 16.2. The first-order chi connectivity index (χ1) is 28.9. The molecule has 0 aliphatic heterocycles. The van der Waals surface area contributed by atoms with Gasteiger partial charge in [-0.25, -0.2) is 0 Å². The third-order valence-electron chi connectivity index (χ3n) is 10.5. The smallest absolute Gasteiger partial charge is 0.319 e. The van der Waals surface area contributed by atoms with Crippen LogP contribution in [0, 0.1) is 10.8 Å². The van der Waals surface area contributed by atoms with Crippen LogP contribution in [0.1, 0.15) is 32.6 Å². The molecule has 15 nitrogen and oxygen atoms in total. The lowest BCUT2D eigenvalue weighted by Crippen LogP contribution is -2.31. The summed E-state index contributed by atoms with van der Waals surface area (Å²) in [5.74, 6) is 2.75. The third-order valence-corrected chi connectivity index (χ3v) is 10.5. The predicted molar refractivity (Wildman–Crippen MR) is 222 cm³/mol. The maximum absolute atomic E-state index is 12.4. The van der Waals surface area contributed by atoms with Crippen molar-refractivity contribution in [2.45, 2.75) is 32.6 Å². The van der Waals surface area contributed by atoms with Gasteiger partial charge in [0.05, 0.1) is 39.5 Å². The van der Waals surface area contributed by atoms with E-state index in [-0.39, 0.29) is 11.7 Å². The quantitative estimate of drug-likeness (QED) is 0.0892. The van der Waals surface area contributed by atoms with Crippen molar-refractivity contribution in [1.29, 1.82) is 0 Å². The lowest BCUT2D eigenvalue weighted by molar-refractivity contribution is -0.147. The Morgan fingerprint density at radius 2 is 0.900 bits per heavy atom. The number of amides is 2. The number of aromatic nitrogens is 2. The largest absolute Gasteiger partial charge is 0.493 e. The minimum Gasteiger partial charge on any atom is -0.493 e. The standard InChI is InChI=1S/C23H22N2O5.C22H20N2O6/c1-14(26)23(9-10-23)22(27)25-15-4-6-16(7-5-15)30-19-8-11-24-18-13-21(29-3)20(28-2)12-17(18)19;1-28-18-11-15-16(12-19(18)29-2)23-10-7-17(15)30-14-5-3-13(4-6-14)24-20(25)22(8-9-22)21(26)27/h4-8,11-13H,9-10H2,1-3H3,(H,25,27);3-7,10-12H,8-9H2,1-2H3,(H,24,25)(H,26,27). The third kappa shape index (κ3) is 8.27. The van der Waals surface area contributed by atoms with Gasteiger partial charge < -0.3 is 44.2 Å². The second-order valence-electron chi connectivity index (χ2n) is 14.3. The van der Waals surface area contributed by atoms with Crippen molar-refractivity contribution in [3.63, 3.8) is 0 Å². The topological polar surface area (TPSA) is 194 Å². The second-order valence-corrected chi connectivity index (χ2v) is 14.3. The molecule has 3 N–H and O–H groups in total. The summed E-state index contributed by atoms with van der Waals surface area (Å²) in [6, 6.07) is 24.4. The zero-order chi connectivity index (χ0) is 42.6. The number of pyridine rings is 2. The van der Waals surface area contributed by atoms with Gasteiger partial charge in [-0.1, -0.05) is 0 Å². The number of hydrogen-bond donors (Lipinski definition) is 3. The molecule has 2 heterocycles. The van der Waals surface area contributed by atoms with Gasteiger partial charge >= 0.3 is 5.97 Å². The number of benzene rings is 4. The highest BCUT2D eigenvalue weighted by atomic mass is 16.5. The molecule has 0 unspecified atom stereocenters. The number of nitrogens with one attached hydrogen (secondary N) is 2. The minimum atomic E-state index is -1.29. The zero-order valence-corrected chi connectivity index (χ0v) is 33.5. The number of carboxylic acid groups (broad SMARTS) is 1. The monoisotopic (exact) mass is 814 g/mol. The van der Waals surface area contributed by atoms with Crippen LogP contribution in [0.5, 0.6) is 46.0 Å². The highest BCUT2D eigenvalue weighted by Crippen LogP contribution is 2.48. The van der Waals surface area contributed by atoms with Crippen LogP contribution in [0.15, 0.2) is 97.3 Å². The highest BCUT2D eigenvalue weighted by Gasteiger charge is 2.57. The van der Waals surface area contributed by atoms with Crippen LogP contribution in [-0.4, -0.2) is 67.1 Å². The number of rotatable bonds is 14. The number of nitrogens with zero attached hydrogens (tertiary/aromatic N) is 2. The maximum Gasteiger partial charge on any atom is 0.319 e. The SMILES string of the molecule is COc1cc2nccc(Oc3ccc(NC(=O)C4(C(=O)O)CC4)cc3)c2cc1OC.COc1cc2nccc(Oc3ccc(NC(=O)C4(C(C)=O)CC4)cc3)c2cc1OC. The Labute approximate surface area is 344 Å². The molecule has 0 radical (unpaired) electrons. The normalized spacial score (nSPS) is 14.1. The molecule has 8 rings (SSSR count). The molecule has 2 aromatic heterocycles. The highest BCUT2D eigenvalue weighted by molar-refractivity contribution is 6.13. The minimum absolute atomic E-state index is 0.0865. The first-order valence-corrected chi connectivity index (χ1v) is 18.9. The number of hydrogen-bond acceptors (Lipinski definition) is 12. The Bertz CT molecular complexity index is 2420. The van der Waals surface area contributed by atoms with Gasteiger partial charge in [-0.15, -0.1) is 0 Å². The van der Waals surface area contributed by atoms with Crippen LogP contribution in [0.2, 0.25) is 0 Å². The molecule has 2 aliphatic carbocycles. The number of carboxylic acids is 1. The van der Waals surface area contributed by atoms with Crippen LogP contribution >= 0.6 is 0 Å². The Balaban J connectivity index is 0.000000181. The first kappa shape index (κ1) is 40.8. The van der Waals surface area contributed by atoms with E-state index in [9.17, 15) is 24.3 Å². The average Bonchev–Trinajstić information content (AvgIpc) is 4.20. The van der Waals surface area contributed by atoms with Gasteiger partial charge in [0.15, 0.2) is 23.0 Å². The van der Waals surface area contributed by atoms with Crippen molar-refractivity contribution in [2.75, 3.05) is 39.1 Å². The molecule has 0 saturated heterocycles. The fraction of sp³-hybridized carbons (Fsp3) is 0.244. The average molecular weight is 815 g/mol. The molecule has 2 aliphatic rings. The van der Waals surface area contributed by atoms with Crippen molar-refractivity contribution < 1.29 is 52.7 Å². The van der Waals surface area contributed by atoms with E-state index >= 15 is 0 Å². The van der Waals surface area contributed by atoms with Crippen molar-refractivity contribution in [3.8, 4) is 46.0 Å². The number of fused-ring (bicyclic) bond motifs is 2. The Kier molecular flexibility index (Phi) is 11.4. The van der Waals surface area contributed by atoms with E-state index in [0.717, 1.165) is 10.8 Å². The van der Waals surface area contributed by atoms with E-state index in [0.29, 0.717) is 94.1 Å². The van der Waals surface area contributed by atoms with Crippen LogP contribution in [-0.2, 0) is 19.2 Å². The van der Waals surface area contributed by atoms with E-state index < -0.39 is 22.7 Å². The summed E-state index contributed by atoms with van der Waals surface area (Å²) in [6.45, 7) is 1.47. The van der Waals surface area contributed by atoms with Gasteiger partial charge in [0.1, 0.15) is 39.6 Å². The van der Waals surface area contributed by atoms with Crippen LogP contribution in [0.25, 0.3) is 21.8 Å². The van der Waals surface area contributed by atoms with Gasteiger partial charge in [0, 0.05) is 46.7 Å². The fourth-order valence-electron chi connectivity index (χ4n) is 6.57. The van der Waals surface area contributed by atoms with Crippen LogP contribution in [0.3, 0.4) is 0 Å². The van der Waals surface area contributed by atoms with Crippen molar-refractivity contribution in [3.05, 3.63) is 97.3 Å². The molecular formula is C45H42N4O11. The molecule has 60 heavy (non-hydrogen) atoms. The first-order valence-electron chi connectivity index (χ1n) is 18.9. The van der Waals surface area contributed by atoms with Gasteiger partial charge in [-0.2, -0.15) is 0 Å².